The second kappa shape index (κ2) is 6.23. The van der Waals surface area contributed by atoms with E-state index in [0.29, 0.717) is 12.0 Å². The number of aliphatic carboxylic acids is 1. The quantitative estimate of drug-likeness (QED) is 0.849. The van der Waals surface area contributed by atoms with Crippen molar-refractivity contribution in [2.24, 2.45) is 0 Å². The predicted octanol–water partition coefficient (Wildman–Crippen LogP) is 2.81. The van der Waals surface area contributed by atoms with Crippen LogP contribution in [0.1, 0.15) is 36.7 Å². The molecule has 1 atom stereocenters. The highest BCUT2D eigenvalue weighted by molar-refractivity contribution is 5.97. The van der Waals surface area contributed by atoms with Crippen LogP contribution in [0.15, 0.2) is 34.7 Å². The molecule has 5 heteroatoms. The van der Waals surface area contributed by atoms with Gasteiger partial charge in [0.25, 0.3) is 5.91 Å². The number of unbranched alkanes of at least 4 members (excludes halogenated alkanes) is 1. The molecule has 1 aromatic heterocycles. The largest absolute Gasteiger partial charge is 0.480 e. The summed E-state index contributed by atoms with van der Waals surface area (Å²) in [5.41, 5.74) is 0.609. The summed E-state index contributed by atoms with van der Waals surface area (Å²) >= 11 is 0. The summed E-state index contributed by atoms with van der Waals surface area (Å²) in [6, 6.07) is 7.99. The maximum absolute atomic E-state index is 12.0. The maximum atomic E-state index is 12.0. The van der Waals surface area contributed by atoms with Crippen molar-refractivity contribution in [3.05, 3.63) is 36.1 Å². The molecule has 0 radical (unpaired) electrons. The van der Waals surface area contributed by atoms with E-state index in [2.05, 4.69) is 5.32 Å². The van der Waals surface area contributed by atoms with Crippen LogP contribution in [0.5, 0.6) is 0 Å². The highest BCUT2D eigenvalue weighted by Crippen LogP contribution is 2.18. The topological polar surface area (TPSA) is 79.5 Å². The van der Waals surface area contributed by atoms with Gasteiger partial charge >= 0.3 is 5.97 Å². The molecule has 0 unspecified atom stereocenters. The summed E-state index contributed by atoms with van der Waals surface area (Å²) in [5.74, 6) is -1.39. The SMILES string of the molecule is CCCC[C@@H](NC(=O)c1cc2ccccc2o1)C(=O)O. The van der Waals surface area contributed by atoms with Gasteiger partial charge in [-0.15, -0.1) is 0 Å². The zero-order chi connectivity index (χ0) is 14.5. The molecule has 0 bridgehead atoms. The molecule has 1 heterocycles. The lowest BCUT2D eigenvalue weighted by Crippen LogP contribution is -2.40. The zero-order valence-corrected chi connectivity index (χ0v) is 11.3. The van der Waals surface area contributed by atoms with E-state index in [1.807, 2.05) is 25.1 Å². The van der Waals surface area contributed by atoms with Gasteiger partial charge in [-0.25, -0.2) is 4.79 Å². The minimum atomic E-state index is -1.03. The average Bonchev–Trinajstić information content (AvgIpc) is 2.86. The molecule has 0 saturated carbocycles. The lowest BCUT2D eigenvalue weighted by molar-refractivity contribution is -0.139. The van der Waals surface area contributed by atoms with Gasteiger partial charge in [0.15, 0.2) is 5.76 Å². The number of fused-ring (bicyclic) bond motifs is 1. The number of furan rings is 1. The van der Waals surface area contributed by atoms with Crippen molar-refractivity contribution in [2.45, 2.75) is 32.2 Å². The van der Waals surface area contributed by atoms with E-state index < -0.39 is 17.9 Å². The molecule has 0 aliphatic carbocycles. The van der Waals surface area contributed by atoms with Gasteiger partial charge in [-0.2, -0.15) is 0 Å². The van der Waals surface area contributed by atoms with Gasteiger partial charge in [-0.05, 0) is 18.6 Å². The van der Waals surface area contributed by atoms with Crippen molar-refractivity contribution < 1.29 is 19.1 Å². The van der Waals surface area contributed by atoms with E-state index in [1.165, 1.54) is 0 Å². The third-order valence-electron chi connectivity index (χ3n) is 3.10. The third-order valence-corrected chi connectivity index (χ3v) is 3.10. The first kappa shape index (κ1) is 14.1. The Morgan fingerprint density at radius 1 is 1.35 bits per heavy atom. The first-order valence-electron chi connectivity index (χ1n) is 6.64. The molecule has 2 aromatic rings. The van der Waals surface area contributed by atoms with Crippen LogP contribution < -0.4 is 5.32 Å². The normalized spacial score (nSPS) is 12.2. The highest BCUT2D eigenvalue weighted by Gasteiger charge is 2.21. The summed E-state index contributed by atoms with van der Waals surface area (Å²) < 4.78 is 5.41. The number of carboxylic acid groups (broad SMARTS) is 1. The number of amides is 1. The van der Waals surface area contributed by atoms with Crippen molar-refractivity contribution in [3.8, 4) is 0 Å². The summed E-state index contributed by atoms with van der Waals surface area (Å²) in [7, 11) is 0. The third kappa shape index (κ3) is 3.17. The van der Waals surface area contributed by atoms with Crippen LogP contribution in [-0.2, 0) is 4.79 Å². The Hall–Kier alpha value is -2.30. The first-order valence-corrected chi connectivity index (χ1v) is 6.64. The molecule has 1 amide bonds. The minimum Gasteiger partial charge on any atom is -0.480 e. The van der Waals surface area contributed by atoms with Crippen molar-refractivity contribution in [2.75, 3.05) is 0 Å². The van der Waals surface area contributed by atoms with E-state index in [0.717, 1.165) is 18.2 Å². The van der Waals surface area contributed by atoms with Crippen LogP contribution in [0.4, 0.5) is 0 Å². The summed E-state index contributed by atoms with van der Waals surface area (Å²) in [6.07, 6.45) is 2.04. The first-order chi connectivity index (χ1) is 9.61. The number of hydrogen-bond acceptors (Lipinski definition) is 3. The van der Waals surface area contributed by atoms with E-state index in [9.17, 15) is 9.59 Å². The molecule has 106 valence electrons. The monoisotopic (exact) mass is 275 g/mol. The number of carbonyl (C=O) groups excluding carboxylic acids is 1. The van der Waals surface area contributed by atoms with Gasteiger partial charge in [-0.3, -0.25) is 4.79 Å². The summed E-state index contributed by atoms with van der Waals surface area (Å²) in [4.78, 5) is 23.1. The Morgan fingerprint density at radius 2 is 2.10 bits per heavy atom. The van der Waals surface area contributed by atoms with E-state index >= 15 is 0 Å². The molecule has 5 nitrogen and oxygen atoms in total. The van der Waals surface area contributed by atoms with Crippen LogP contribution in [0.3, 0.4) is 0 Å². The molecule has 20 heavy (non-hydrogen) atoms. The molecule has 2 N–H and O–H groups in total. The second-order valence-electron chi connectivity index (χ2n) is 4.65. The fourth-order valence-corrected chi connectivity index (χ4v) is 1.99. The Morgan fingerprint density at radius 3 is 2.75 bits per heavy atom. The Kier molecular flexibility index (Phi) is 4.40. The lowest BCUT2D eigenvalue weighted by atomic mass is 10.1. The van der Waals surface area contributed by atoms with Crippen LogP contribution in [0, 0.1) is 0 Å². The second-order valence-corrected chi connectivity index (χ2v) is 4.65. The molecular weight excluding hydrogens is 258 g/mol. The number of para-hydroxylation sites is 1. The molecule has 0 fully saturated rings. The van der Waals surface area contributed by atoms with Crippen LogP contribution in [0.2, 0.25) is 0 Å². The lowest BCUT2D eigenvalue weighted by Gasteiger charge is -2.12. The Bertz CT molecular complexity index is 584. The average molecular weight is 275 g/mol. The molecular formula is C15H17NO4. The van der Waals surface area contributed by atoms with Crippen LogP contribution in [0.25, 0.3) is 11.0 Å². The van der Waals surface area contributed by atoms with E-state index in [-0.39, 0.29) is 5.76 Å². The molecule has 0 aliphatic rings. The van der Waals surface area contributed by atoms with Gasteiger partial charge in [0.05, 0.1) is 0 Å². The van der Waals surface area contributed by atoms with Crippen LogP contribution >= 0.6 is 0 Å². The van der Waals surface area contributed by atoms with E-state index in [1.54, 1.807) is 12.1 Å². The summed E-state index contributed by atoms with van der Waals surface area (Å²) in [6.45, 7) is 1.97. The van der Waals surface area contributed by atoms with Crippen molar-refractivity contribution in [1.29, 1.82) is 0 Å². The number of carbonyl (C=O) groups is 2. The van der Waals surface area contributed by atoms with Gasteiger partial charge in [0, 0.05) is 5.39 Å². The standard InChI is InChI=1S/C15H17NO4/c1-2-3-7-11(15(18)19)16-14(17)13-9-10-6-4-5-8-12(10)20-13/h4-6,8-9,11H,2-3,7H2,1H3,(H,16,17)(H,18,19)/t11-/m1/s1. The molecule has 2 rings (SSSR count). The smallest absolute Gasteiger partial charge is 0.326 e. The highest BCUT2D eigenvalue weighted by atomic mass is 16.4. The fraction of sp³-hybridized carbons (Fsp3) is 0.333. The number of hydrogen-bond donors (Lipinski definition) is 2. The minimum absolute atomic E-state index is 0.133. The zero-order valence-electron chi connectivity index (χ0n) is 11.3. The van der Waals surface area contributed by atoms with Crippen LogP contribution in [-0.4, -0.2) is 23.0 Å². The Labute approximate surface area is 116 Å². The van der Waals surface area contributed by atoms with Gasteiger partial charge in [-0.1, -0.05) is 38.0 Å². The van der Waals surface area contributed by atoms with Gasteiger partial charge in [0.2, 0.25) is 0 Å². The molecule has 0 aliphatic heterocycles. The van der Waals surface area contributed by atoms with Gasteiger partial charge < -0.3 is 14.8 Å². The summed E-state index contributed by atoms with van der Waals surface area (Å²) in [5, 5.41) is 12.4. The Balaban J connectivity index is 2.11. The number of benzene rings is 1. The van der Waals surface area contributed by atoms with E-state index in [4.69, 9.17) is 9.52 Å². The van der Waals surface area contributed by atoms with Crippen molar-refractivity contribution >= 4 is 22.8 Å². The fourth-order valence-electron chi connectivity index (χ4n) is 1.99. The number of nitrogens with one attached hydrogen (secondary N) is 1. The molecule has 0 saturated heterocycles. The number of carboxylic acids is 1. The molecule has 1 aromatic carbocycles. The van der Waals surface area contributed by atoms with Crippen molar-refractivity contribution in [3.63, 3.8) is 0 Å². The number of rotatable bonds is 6. The molecule has 0 spiro atoms. The maximum Gasteiger partial charge on any atom is 0.326 e. The van der Waals surface area contributed by atoms with Crippen molar-refractivity contribution in [1.82, 2.24) is 5.32 Å². The van der Waals surface area contributed by atoms with Gasteiger partial charge in [0.1, 0.15) is 11.6 Å². The predicted molar refractivity (Wildman–Crippen MR) is 74.6 cm³/mol.